The van der Waals surface area contributed by atoms with Crippen molar-refractivity contribution in [2.45, 2.75) is 33.1 Å². The second-order valence-electron chi connectivity index (χ2n) is 8.02. The molecule has 0 saturated heterocycles. The number of nitrogens with zero attached hydrogens (tertiary/aromatic N) is 1. The molecule has 0 N–H and O–H groups in total. The van der Waals surface area contributed by atoms with Gasteiger partial charge in [0.05, 0.1) is 20.3 Å². The van der Waals surface area contributed by atoms with Crippen molar-refractivity contribution < 1.29 is 23.8 Å². The zero-order valence-electron chi connectivity index (χ0n) is 19.4. The summed E-state index contributed by atoms with van der Waals surface area (Å²) < 4.78 is 18.1. The second-order valence-corrected chi connectivity index (χ2v) is 8.02. The Morgan fingerprint density at radius 2 is 1.66 bits per heavy atom. The van der Waals surface area contributed by atoms with E-state index < -0.39 is 17.4 Å². The smallest absolute Gasteiger partial charge is 0.323 e. The van der Waals surface area contributed by atoms with Gasteiger partial charge in [-0.3, -0.25) is 9.59 Å². The number of hydrogen-bond acceptors (Lipinski definition) is 5. The summed E-state index contributed by atoms with van der Waals surface area (Å²) in [5.41, 5.74) is 1.58. The van der Waals surface area contributed by atoms with Crippen LogP contribution < -0.4 is 4.74 Å². The Hall–Kier alpha value is -3.28. The monoisotopic (exact) mass is 437 g/mol. The minimum absolute atomic E-state index is 0.186. The maximum absolute atomic E-state index is 13.0. The predicted molar refractivity (Wildman–Crippen MR) is 124 cm³/mol. The lowest BCUT2D eigenvalue weighted by molar-refractivity contribution is -0.171. The summed E-state index contributed by atoms with van der Waals surface area (Å²) in [6, 6.07) is 15.8. The van der Waals surface area contributed by atoms with E-state index in [2.05, 4.69) is 22.9 Å². The van der Waals surface area contributed by atoms with Crippen LogP contribution in [-0.4, -0.2) is 36.8 Å². The number of para-hydroxylation sites is 1. The Kier molecular flexibility index (Phi) is 7.23. The number of carbonyl (C=O) groups is 2. The molecule has 2 aromatic carbocycles. The third kappa shape index (κ3) is 4.49. The van der Waals surface area contributed by atoms with Crippen molar-refractivity contribution in [3.05, 3.63) is 65.9 Å². The van der Waals surface area contributed by atoms with Crippen molar-refractivity contribution in [2.24, 2.45) is 12.5 Å². The van der Waals surface area contributed by atoms with E-state index in [1.165, 1.54) is 0 Å². The Labute approximate surface area is 189 Å². The van der Waals surface area contributed by atoms with Crippen LogP contribution in [0.4, 0.5) is 0 Å². The van der Waals surface area contributed by atoms with Gasteiger partial charge < -0.3 is 18.8 Å². The molecule has 0 saturated carbocycles. The van der Waals surface area contributed by atoms with Crippen LogP contribution in [0, 0.1) is 5.41 Å². The van der Waals surface area contributed by atoms with E-state index in [9.17, 15) is 9.59 Å². The first kappa shape index (κ1) is 23.4. The molecule has 3 rings (SSSR count). The van der Waals surface area contributed by atoms with E-state index in [0.29, 0.717) is 5.75 Å². The fourth-order valence-corrected chi connectivity index (χ4v) is 4.16. The highest BCUT2D eigenvalue weighted by Crippen LogP contribution is 2.42. The summed E-state index contributed by atoms with van der Waals surface area (Å²) in [4.78, 5) is 26.0. The highest BCUT2D eigenvalue weighted by Gasteiger charge is 2.46. The number of rotatable bonds is 9. The molecule has 170 valence electrons. The Morgan fingerprint density at radius 3 is 2.28 bits per heavy atom. The van der Waals surface area contributed by atoms with Gasteiger partial charge in [-0.15, -0.1) is 0 Å². The first-order valence-corrected chi connectivity index (χ1v) is 10.9. The molecule has 0 amide bonds. The minimum atomic E-state index is -1.46. The average molecular weight is 438 g/mol. The van der Waals surface area contributed by atoms with E-state index in [-0.39, 0.29) is 25.6 Å². The Morgan fingerprint density at radius 1 is 1.00 bits per heavy atom. The number of methoxy groups -OCH3 is 1. The van der Waals surface area contributed by atoms with E-state index in [1.54, 1.807) is 27.9 Å². The van der Waals surface area contributed by atoms with Crippen LogP contribution in [0.5, 0.6) is 5.75 Å². The molecule has 0 fully saturated rings. The Balaban J connectivity index is 2.19. The number of fused-ring (bicyclic) bond motifs is 1. The van der Waals surface area contributed by atoms with Crippen molar-refractivity contribution in [2.75, 3.05) is 20.3 Å². The molecular formula is C26H31NO5. The summed E-state index contributed by atoms with van der Waals surface area (Å²) in [7, 11) is 3.61. The topological polar surface area (TPSA) is 66.8 Å². The molecule has 0 aliphatic rings. The normalized spacial score (nSPS) is 12.4. The zero-order valence-corrected chi connectivity index (χ0v) is 19.4. The Bertz CT molecular complexity index is 1080. The summed E-state index contributed by atoms with van der Waals surface area (Å²) in [5, 5.41) is 1.07. The van der Waals surface area contributed by atoms with Gasteiger partial charge in [0.1, 0.15) is 5.75 Å². The van der Waals surface area contributed by atoms with Crippen molar-refractivity contribution in [1.29, 1.82) is 0 Å². The van der Waals surface area contributed by atoms with E-state index in [1.807, 2.05) is 43.4 Å². The van der Waals surface area contributed by atoms with Gasteiger partial charge >= 0.3 is 11.9 Å². The van der Waals surface area contributed by atoms with E-state index in [0.717, 1.165) is 22.0 Å². The van der Waals surface area contributed by atoms with Crippen molar-refractivity contribution in [1.82, 2.24) is 4.57 Å². The first-order valence-electron chi connectivity index (χ1n) is 10.9. The summed E-state index contributed by atoms with van der Waals surface area (Å²) in [6.07, 6.45) is 2.26. The van der Waals surface area contributed by atoms with Gasteiger partial charge in [0.2, 0.25) is 0 Å². The van der Waals surface area contributed by atoms with Gasteiger partial charge in [0.15, 0.2) is 5.41 Å². The fourth-order valence-electron chi connectivity index (χ4n) is 4.16. The van der Waals surface area contributed by atoms with Gasteiger partial charge in [-0.05, 0) is 56.5 Å². The predicted octanol–water partition coefficient (Wildman–Crippen LogP) is 4.84. The summed E-state index contributed by atoms with van der Waals surface area (Å²) in [6.45, 7) is 5.45. The molecule has 3 aromatic rings. The highest BCUT2D eigenvalue weighted by molar-refractivity contribution is 6.00. The van der Waals surface area contributed by atoms with Gasteiger partial charge in [-0.2, -0.15) is 0 Å². The molecule has 6 nitrogen and oxygen atoms in total. The zero-order chi connectivity index (χ0) is 23.3. The lowest BCUT2D eigenvalue weighted by Crippen LogP contribution is -2.41. The lowest BCUT2D eigenvalue weighted by atomic mass is 9.75. The molecule has 0 aliphatic heterocycles. The van der Waals surface area contributed by atoms with Gasteiger partial charge in [0, 0.05) is 30.1 Å². The van der Waals surface area contributed by atoms with Crippen LogP contribution in [0.25, 0.3) is 10.9 Å². The number of benzene rings is 2. The quantitative estimate of drug-likeness (QED) is 0.354. The standard InChI is InChI=1S/C26H31NO5/c1-6-31-24(28)26(3,25(29)32-7-2)16-21(18-11-10-12-19(15-18)30-5)22-17-27(4)23-14-9-8-13-20(22)23/h8-15,17,21H,6-7,16H2,1-5H3. The third-order valence-electron chi connectivity index (χ3n) is 5.86. The van der Waals surface area contributed by atoms with Crippen LogP contribution in [0.15, 0.2) is 54.7 Å². The molecule has 0 radical (unpaired) electrons. The SMILES string of the molecule is CCOC(=O)C(C)(CC(c1cccc(OC)c1)c1cn(C)c2ccccc12)C(=O)OCC. The number of aryl methyl sites for hydroxylation is 1. The van der Waals surface area contributed by atoms with Crippen LogP contribution in [0.3, 0.4) is 0 Å². The first-order chi connectivity index (χ1) is 15.3. The molecule has 0 spiro atoms. The summed E-state index contributed by atoms with van der Waals surface area (Å²) in [5.74, 6) is -0.713. The molecular weight excluding hydrogens is 406 g/mol. The van der Waals surface area contributed by atoms with Gasteiger partial charge in [-0.1, -0.05) is 30.3 Å². The highest BCUT2D eigenvalue weighted by atomic mass is 16.6. The molecule has 1 unspecified atom stereocenters. The maximum Gasteiger partial charge on any atom is 0.323 e. The third-order valence-corrected chi connectivity index (χ3v) is 5.86. The number of esters is 2. The molecule has 6 heteroatoms. The molecule has 0 bridgehead atoms. The summed E-state index contributed by atoms with van der Waals surface area (Å²) >= 11 is 0. The second kappa shape index (κ2) is 9.90. The van der Waals surface area contributed by atoms with Crippen LogP contribution in [-0.2, 0) is 26.1 Å². The molecule has 32 heavy (non-hydrogen) atoms. The van der Waals surface area contributed by atoms with Crippen molar-refractivity contribution >= 4 is 22.8 Å². The van der Waals surface area contributed by atoms with Gasteiger partial charge in [0.25, 0.3) is 0 Å². The largest absolute Gasteiger partial charge is 0.497 e. The fraction of sp³-hybridized carbons (Fsp3) is 0.385. The molecule has 1 atom stereocenters. The van der Waals surface area contributed by atoms with Crippen LogP contribution in [0.2, 0.25) is 0 Å². The molecule has 0 aliphatic carbocycles. The van der Waals surface area contributed by atoms with Crippen molar-refractivity contribution in [3.63, 3.8) is 0 Å². The number of carbonyl (C=O) groups excluding carboxylic acids is 2. The van der Waals surface area contributed by atoms with E-state index >= 15 is 0 Å². The van der Waals surface area contributed by atoms with Crippen molar-refractivity contribution in [3.8, 4) is 5.75 Å². The number of hydrogen-bond donors (Lipinski definition) is 0. The van der Waals surface area contributed by atoms with Crippen LogP contribution in [0.1, 0.15) is 44.2 Å². The average Bonchev–Trinajstić information content (AvgIpc) is 3.14. The number of aromatic nitrogens is 1. The molecule has 1 aromatic heterocycles. The van der Waals surface area contributed by atoms with E-state index in [4.69, 9.17) is 14.2 Å². The maximum atomic E-state index is 13.0. The minimum Gasteiger partial charge on any atom is -0.497 e. The number of ether oxygens (including phenoxy) is 3. The molecule has 1 heterocycles. The van der Waals surface area contributed by atoms with Crippen LogP contribution >= 0.6 is 0 Å². The lowest BCUT2D eigenvalue weighted by Gasteiger charge is -2.30. The van der Waals surface area contributed by atoms with Gasteiger partial charge in [-0.25, -0.2) is 0 Å².